The Morgan fingerprint density at radius 3 is 0.867 bits per heavy atom. The van der Waals surface area contributed by atoms with Crippen LogP contribution in [0.4, 0.5) is 0 Å². The van der Waals surface area contributed by atoms with Gasteiger partial charge in [0.25, 0.3) is 0 Å². The minimum atomic E-state index is -1.57. The van der Waals surface area contributed by atoms with Crippen LogP contribution in [-0.4, -0.2) is 87.5 Å². The van der Waals surface area contributed by atoms with E-state index in [1.54, 1.807) is 6.08 Å². The second-order valence-electron chi connectivity index (χ2n) is 28.9. The molecule has 0 spiro atoms. The van der Waals surface area contributed by atoms with Crippen LogP contribution in [0.2, 0.25) is 0 Å². The SMILES string of the molecule is CCCCCCCCCCCCCCCCCCCCCCCCCCCCCCCCC/C=C/C(O)C(COC1OC(CO)C(O)C(O)C1O)NC(=O)CCCCCCCCCCCCCCCCCCCCCCCCCCCCCCCCCCCC. The van der Waals surface area contributed by atoms with Crippen molar-refractivity contribution in [1.82, 2.24) is 5.32 Å². The van der Waals surface area contributed by atoms with Crippen molar-refractivity contribution in [3.8, 4) is 0 Å². The second kappa shape index (κ2) is 70.7. The maximum absolute atomic E-state index is 13.2. The zero-order valence-electron chi connectivity index (χ0n) is 60.4. The third-order valence-corrected chi connectivity index (χ3v) is 20.1. The molecule has 1 saturated heterocycles. The van der Waals surface area contributed by atoms with Gasteiger partial charge in [-0.1, -0.05) is 431 Å². The third kappa shape index (κ3) is 58.3. The van der Waals surface area contributed by atoms with E-state index in [1.807, 2.05) is 6.08 Å². The summed E-state index contributed by atoms with van der Waals surface area (Å²) in [7, 11) is 0. The van der Waals surface area contributed by atoms with Crippen molar-refractivity contribution in [2.75, 3.05) is 13.2 Å². The van der Waals surface area contributed by atoms with Gasteiger partial charge in [0.2, 0.25) is 5.91 Å². The molecule has 0 aromatic heterocycles. The largest absolute Gasteiger partial charge is 0.394 e. The lowest BCUT2D eigenvalue weighted by molar-refractivity contribution is -0.302. The maximum Gasteiger partial charge on any atom is 0.220 e. The first-order chi connectivity index (χ1) is 44.3. The number of unbranched alkanes of at least 4 members (excludes halogenated alkanes) is 64. The van der Waals surface area contributed by atoms with Gasteiger partial charge in [-0.3, -0.25) is 4.79 Å². The maximum atomic E-state index is 13.2. The fraction of sp³-hybridized carbons (Fsp3) is 0.963. The van der Waals surface area contributed by atoms with Crippen LogP contribution < -0.4 is 5.32 Å². The zero-order valence-corrected chi connectivity index (χ0v) is 60.4. The normalized spacial score (nSPS) is 17.7. The van der Waals surface area contributed by atoms with Gasteiger partial charge in [-0.25, -0.2) is 0 Å². The number of allylic oxidation sites excluding steroid dienone is 1. The van der Waals surface area contributed by atoms with Gasteiger partial charge in [-0.15, -0.1) is 0 Å². The Bertz CT molecular complexity index is 1430. The van der Waals surface area contributed by atoms with Gasteiger partial charge >= 0.3 is 0 Å². The molecule has 0 aromatic rings. The smallest absolute Gasteiger partial charge is 0.220 e. The summed E-state index contributed by atoms with van der Waals surface area (Å²) < 4.78 is 11.4. The quantitative estimate of drug-likeness (QED) is 0.0261. The molecule has 9 heteroatoms. The lowest BCUT2D eigenvalue weighted by atomic mass is 9.99. The van der Waals surface area contributed by atoms with Gasteiger partial charge in [-0.2, -0.15) is 0 Å². The number of amides is 1. The highest BCUT2D eigenvalue weighted by Gasteiger charge is 2.44. The molecule has 1 fully saturated rings. The van der Waals surface area contributed by atoms with Crippen molar-refractivity contribution in [2.24, 2.45) is 0 Å². The van der Waals surface area contributed by atoms with Crippen LogP contribution in [0.3, 0.4) is 0 Å². The summed E-state index contributed by atoms with van der Waals surface area (Å²) in [5.74, 6) is -0.165. The molecular formula is C81H159NO8. The summed E-state index contributed by atoms with van der Waals surface area (Å²) in [5, 5.41) is 54.9. The summed E-state index contributed by atoms with van der Waals surface area (Å²) >= 11 is 0. The molecule has 6 N–H and O–H groups in total. The van der Waals surface area contributed by atoms with E-state index in [0.29, 0.717) is 6.42 Å². The number of nitrogens with one attached hydrogen (secondary N) is 1. The lowest BCUT2D eigenvalue weighted by Gasteiger charge is -2.40. The van der Waals surface area contributed by atoms with Crippen molar-refractivity contribution >= 4 is 5.91 Å². The number of hydrogen-bond donors (Lipinski definition) is 6. The molecule has 9 nitrogen and oxygen atoms in total. The number of hydrogen-bond acceptors (Lipinski definition) is 8. The highest BCUT2D eigenvalue weighted by Crippen LogP contribution is 2.24. The molecular weight excluding hydrogens is 1110 g/mol. The molecule has 1 heterocycles. The van der Waals surface area contributed by atoms with Crippen molar-refractivity contribution < 1.29 is 39.8 Å². The Morgan fingerprint density at radius 2 is 0.611 bits per heavy atom. The molecule has 0 aromatic carbocycles. The van der Waals surface area contributed by atoms with Gasteiger partial charge in [0.15, 0.2) is 6.29 Å². The van der Waals surface area contributed by atoms with Crippen LogP contribution >= 0.6 is 0 Å². The van der Waals surface area contributed by atoms with Crippen LogP contribution in [0.15, 0.2) is 12.2 Å². The van der Waals surface area contributed by atoms with E-state index in [0.717, 1.165) is 38.5 Å². The molecule has 0 saturated carbocycles. The minimum absolute atomic E-state index is 0.165. The Balaban J connectivity index is 2.05. The lowest BCUT2D eigenvalue weighted by Crippen LogP contribution is -2.60. The standard InChI is InChI=1S/C81H159NO8/c1-3-5-7-9-11-13-15-17-19-21-23-25-27-29-31-33-35-37-39-41-43-45-47-49-51-53-55-57-59-61-63-65-67-69-71-77(85)82-74(73-89-81-80(88)79(87)78(86)76(72-83)90-81)75(84)70-68-66-64-62-60-58-56-54-52-50-48-46-44-42-40-38-36-34-32-30-28-26-24-22-20-18-16-14-12-10-8-6-4-2/h68,70,74-76,78-81,83-84,86-88H,3-67,69,71-73H2,1-2H3,(H,82,85)/b70-68+. The number of rotatable bonds is 74. The summed E-state index contributed by atoms with van der Waals surface area (Å²) in [6.07, 6.45) is 86.6. The van der Waals surface area contributed by atoms with Crippen LogP contribution in [0, 0.1) is 0 Å². The minimum Gasteiger partial charge on any atom is -0.394 e. The average Bonchev–Trinajstić information content (AvgIpc) is 1.28. The van der Waals surface area contributed by atoms with Gasteiger partial charge in [0, 0.05) is 6.42 Å². The summed E-state index contributed by atoms with van der Waals surface area (Å²) in [5.41, 5.74) is 0. The van der Waals surface area contributed by atoms with Gasteiger partial charge in [-0.05, 0) is 19.3 Å². The Kier molecular flexibility index (Phi) is 68.3. The number of ether oxygens (including phenoxy) is 2. The first-order valence-corrected chi connectivity index (χ1v) is 40.9. The predicted octanol–water partition coefficient (Wildman–Crippen LogP) is 23.4. The van der Waals surface area contributed by atoms with E-state index in [2.05, 4.69) is 19.2 Å². The third-order valence-electron chi connectivity index (χ3n) is 20.1. The highest BCUT2D eigenvalue weighted by molar-refractivity contribution is 5.76. The molecule has 7 unspecified atom stereocenters. The molecule has 1 aliphatic heterocycles. The van der Waals surface area contributed by atoms with Crippen LogP contribution in [0.5, 0.6) is 0 Å². The molecule has 90 heavy (non-hydrogen) atoms. The fourth-order valence-corrected chi connectivity index (χ4v) is 13.8. The van der Waals surface area contributed by atoms with Gasteiger partial charge in [0.1, 0.15) is 24.4 Å². The van der Waals surface area contributed by atoms with Crippen molar-refractivity contribution in [3.63, 3.8) is 0 Å². The number of carbonyl (C=O) groups excluding carboxylic acids is 1. The number of carbonyl (C=O) groups is 1. The molecule has 1 rings (SSSR count). The van der Waals surface area contributed by atoms with Crippen LogP contribution in [0.25, 0.3) is 0 Å². The topological polar surface area (TPSA) is 149 Å². The predicted molar refractivity (Wildman–Crippen MR) is 387 cm³/mol. The Morgan fingerprint density at radius 1 is 0.367 bits per heavy atom. The van der Waals surface area contributed by atoms with Crippen LogP contribution in [0.1, 0.15) is 444 Å². The van der Waals surface area contributed by atoms with Crippen molar-refractivity contribution in [3.05, 3.63) is 12.2 Å². The molecule has 0 radical (unpaired) electrons. The first kappa shape index (κ1) is 86.9. The van der Waals surface area contributed by atoms with E-state index < -0.39 is 49.5 Å². The fourth-order valence-electron chi connectivity index (χ4n) is 13.8. The van der Waals surface area contributed by atoms with E-state index >= 15 is 0 Å². The highest BCUT2D eigenvalue weighted by atomic mass is 16.7. The van der Waals surface area contributed by atoms with E-state index in [4.69, 9.17) is 9.47 Å². The summed E-state index contributed by atoms with van der Waals surface area (Å²) in [6, 6.07) is -0.803. The molecule has 1 aliphatic rings. The number of aliphatic hydroxyl groups excluding tert-OH is 5. The van der Waals surface area contributed by atoms with E-state index in [9.17, 15) is 30.3 Å². The van der Waals surface area contributed by atoms with E-state index in [-0.39, 0.29) is 12.5 Å². The van der Waals surface area contributed by atoms with E-state index in [1.165, 1.54) is 385 Å². The van der Waals surface area contributed by atoms with Crippen molar-refractivity contribution in [2.45, 2.75) is 487 Å². The summed E-state index contributed by atoms with van der Waals surface area (Å²) in [4.78, 5) is 13.2. The monoisotopic (exact) mass is 1270 g/mol. The Hall–Kier alpha value is -1.07. The van der Waals surface area contributed by atoms with Crippen LogP contribution in [-0.2, 0) is 14.3 Å². The van der Waals surface area contributed by atoms with Gasteiger partial charge < -0.3 is 40.3 Å². The Labute approximate surface area is 560 Å². The average molecular weight is 1280 g/mol. The molecule has 536 valence electrons. The molecule has 0 aliphatic carbocycles. The summed E-state index contributed by atoms with van der Waals surface area (Å²) in [6.45, 7) is 3.86. The van der Waals surface area contributed by atoms with Gasteiger partial charge in [0.05, 0.1) is 25.4 Å². The molecule has 7 atom stereocenters. The zero-order chi connectivity index (χ0) is 64.9. The first-order valence-electron chi connectivity index (χ1n) is 40.9. The second-order valence-corrected chi connectivity index (χ2v) is 28.9. The molecule has 1 amide bonds. The molecule has 0 bridgehead atoms. The number of aliphatic hydroxyl groups is 5. The van der Waals surface area contributed by atoms with Crippen molar-refractivity contribution in [1.29, 1.82) is 0 Å².